The first kappa shape index (κ1) is 12.2. The van der Waals surface area contributed by atoms with Gasteiger partial charge in [0, 0.05) is 5.56 Å². The van der Waals surface area contributed by atoms with E-state index in [9.17, 15) is 9.18 Å². The van der Waals surface area contributed by atoms with Crippen LogP contribution in [0.2, 0.25) is 0 Å². The third kappa shape index (κ3) is 2.21. The molecule has 0 aliphatic carbocycles. The maximum absolute atomic E-state index is 13.6. The zero-order valence-electron chi connectivity index (χ0n) is 9.05. The van der Waals surface area contributed by atoms with Gasteiger partial charge in [-0.1, -0.05) is 12.1 Å². The maximum atomic E-state index is 13.6. The summed E-state index contributed by atoms with van der Waals surface area (Å²) in [6.07, 6.45) is -0.0479. The lowest BCUT2D eigenvalue weighted by atomic mass is 10.2. The normalized spacial score (nSPS) is 10.0. The van der Waals surface area contributed by atoms with Crippen LogP contribution >= 0.6 is 11.3 Å². The van der Waals surface area contributed by atoms with Crippen molar-refractivity contribution in [3.05, 3.63) is 40.7 Å². The molecule has 2 rings (SSSR count). The van der Waals surface area contributed by atoms with Gasteiger partial charge >= 0.3 is 5.97 Å². The Morgan fingerprint density at radius 3 is 2.83 bits per heavy atom. The van der Waals surface area contributed by atoms with Gasteiger partial charge in [0.05, 0.1) is 17.4 Å². The minimum absolute atomic E-state index is 0.0479. The minimum Gasteiger partial charge on any atom is -0.476 e. The van der Waals surface area contributed by atoms with E-state index in [0.717, 1.165) is 11.3 Å². The Morgan fingerprint density at radius 2 is 2.22 bits per heavy atom. The van der Waals surface area contributed by atoms with Gasteiger partial charge in [-0.25, -0.2) is 14.2 Å². The summed E-state index contributed by atoms with van der Waals surface area (Å²) < 4.78 is 13.6. The zero-order valence-corrected chi connectivity index (χ0v) is 9.87. The zero-order chi connectivity index (χ0) is 13.1. The molecule has 0 radical (unpaired) electrons. The third-order valence-corrected chi connectivity index (χ3v) is 3.33. The van der Waals surface area contributed by atoms with E-state index in [1.165, 1.54) is 12.1 Å². The number of rotatable bonds is 3. The Bertz CT molecular complexity index is 646. The fourth-order valence-electron chi connectivity index (χ4n) is 1.46. The largest absolute Gasteiger partial charge is 0.476 e. The van der Waals surface area contributed by atoms with E-state index < -0.39 is 11.8 Å². The first-order chi connectivity index (χ1) is 8.63. The molecule has 0 bridgehead atoms. The second kappa shape index (κ2) is 4.94. The number of halogens is 1. The van der Waals surface area contributed by atoms with Crippen LogP contribution in [-0.4, -0.2) is 16.1 Å². The number of carboxylic acid groups (broad SMARTS) is 1. The van der Waals surface area contributed by atoms with Gasteiger partial charge in [0.15, 0.2) is 5.69 Å². The lowest BCUT2D eigenvalue weighted by Crippen LogP contribution is -2.00. The first-order valence-electron chi connectivity index (χ1n) is 4.98. The second-order valence-electron chi connectivity index (χ2n) is 3.41. The number of aromatic nitrogens is 1. The van der Waals surface area contributed by atoms with Crippen molar-refractivity contribution in [1.82, 2.24) is 4.98 Å². The van der Waals surface area contributed by atoms with E-state index in [-0.39, 0.29) is 22.7 Å². The molecule has 6 heteroatoms. The van der Waals surface area contributed by atoms with Crippen molar-refractivity contribution >= 4 is 17.3 Å². The molecular formula is C12H7FN2O2S. The number of aromatic carboxylic acids is 1. The number of hydrogen-bond acceptors (Lipinski definition) is 4. The van der Waals surface area contributed by atoms with Crippen molar-refractivity contribution in [3.63, 3.8) is 0 Å². The summed E-state index contributed by atoms with van der Waals surface area (Å²) in [6.45, 7) is 0. The summed E-state index contributed by atoms with van der Waals surface area (Å²) in [5, 5.41) is 17.9. The molecule has 1 heterocycles. The van der Waals surface area contributed by atoms with E-state index in [1.807, 2.05) is 6.07 Å². The molecule has 4 nitrogen and oxygen atoms in total. The van der Waals surface area contributed by atoms with Crippen LogP contribution in [0.5, 0.6) is 0 Å². The van der Waals surface area contributed by atoms with Crippen molar-refractivity contribution in [2.24, 2.45) is 0 Å². The highest BCUT2D eigenvalue weighted by atomic mass is 32.1. The lowest BCUT2D eigenvalue weighted by molar-refractivity contribution is 0.0690. The topological polar surface area (TPSA) is 74.0 Å². The van der Waals surface area contributed by atoms with Crippen LogP contribution in [0.1, 0.15) is 15.4 Å². The summed E-state index contributed by atoms with van der Waals surface area (Å²) in [5.41, 5.74) is 0.0639. The van der Waals surface area contributed by atoms with E-state index in [0.29, 0.717) is 4.88 Å². The van der Waals surface area contributed by atoms with Gasteiger partial charge in [0.1, 0.15) is 10.8 Å². The first-order valence-corrected chi connectivity index (χ1v) is 5.80. The molecule has 1 N–H and O–H groups in total. The van der Waals surface area contributed by atoms with E-state index in [2.05, 4.69) is 4.98 Å². The summed E-state index contributed by atoms with van der Waals surface area (Å²) in [6, 6.07) is 7.86. The Balaban J connectivity index is 2.54. The van der Waals surface area contributed by atoms with Gasteiger partial charge in [-0.3, -0.25) is 0 Å². The average Bonchev–Trinajstić information content (AvgIpc) is 2.74. The standard InChI is InChI=1S/C12H7FN2O2S/c13-8-4-2-1-3-7(8)11-15-10(12(16)17)9(18-11)5-6-14/h1-4H,5H2,(H,16,17). The molecule has 0 spiro atoms. The lowest BCUT2D eigenvalue weighted by Gasteiger charge is -1.96. The number of benzene rings is 1. The molecule has 90 valence electrons. The molecule has 0 atom stereocenters. The van der Waals surface area contributed by atoms with Gasteiger partial charge in [0.25, 0.3) is 0 Å². The van der Waals surface area contributed by atoms with E-state index >= 15 is 0 Å². The van der Waals surface area contributed by atoms with Gasteiger partial charge in [-0.05, 0) is 12.1 Å². The number of carboxylic acids is 1. The molecule has 1 aromatic carbocycles. The van der Waals surface area contributed by atoms with Crippen molar-refractivity contribution < 1.29 is 14.3 Å². The summed E-state index contributed by atoms with van der Waals surface area (Å²) in [5.74, 6) is -1.68. The van der Waals surface area contributed by atoms with Crippen LogP contribution < -0.4 is 0 Å². The highest BCUT2D eigenvalue weighted by Crippen LogP contribution is 2.30. The minimum atomic E-state index is -1.21. The fourth-order valence-corrected chi connectivity index (χ4v) is 2.47. The Kier molecular flexibility index (Phi) is 3.35. The van der Waals surface area contributed by atoms with E-state index in [1.54, 1.807) is 12.1 Å². The molecule has 0 saturated heterocycles. The Labute approximate surface area is 106 Å². The van der Waals surface area contributed by atoms with Gasteiger partial charge < -0.3 is 5.11 Å². The van der Waals surface area contributed by atoms with Gasteiger partial charge in [-0.15, -0.1) is 11.3 Å². The second-order valence-corrected chi connectivity index (χ2v) is 4.49. The number of nitriles is 1. The predicted octanol–water partition coefficient (Wildman–Crippen LogP) is 2.71. The maximum Gasteiger partial charge on any atom is 0.355 e. The molecule has 2 aromatic rings. The van der Waals surface area contributed by atoms with Crippen LogP contribution in [-0.2, 0) is 6.42 Å². The van der Waals surface area contributed by atoms with Crippen LogP contribution in [0.25, 0.3) is 10.6 Å². The van der Waals surface area contributed by atoms with Crippen LogP contribution in [0.15, 0.2) is 24.3 Å². The number of nitrogens with zero attached hydrogens (tertiary/aromatic N) is 2. The summed E-state index contributed by atoms with van der Waals surface area (Å²) >= 11 is 1.03. The summed E-state index contributed by atoms with van der Waals surface area (Å²) in [4.78, 5) is 15.2. The van der Waals surface area contributed by atoms with Crippen molar-refractivity contribution in [2.45, 2.75) is 6.42 Å². The third-order valence-electron chi connectivity index (χ3n) is 2.24. The van der Waals surface area contributed by atoms with Crippen molar-refractivity contribution in [2.75, 3.05) is 0 Å². The quantitative estimate of drug-likeness (QED) is 0.922. The highest BCUT2D eigenvalue weighted by molar-refractivity contribution is 7.15. The molecule has 0 fully saturated rings. The van der Waals surface area contributed by atoms with E-state index in [4.69, 9.17) is 10.4 Å². The molecule has 0 aliphatic heterocycles. The Hall–Kier alpha value is -2.26. The monoisotopic (exact) mass is 262 g/mol. The molecule has 0 amide bonds. The molecule has 0 saturated carbocycles. The van der Waals surface area contributed by atoms with Crippen LogP contribution in [0.4, 0.5) is 4.39 Å². The Morgan fingerprint density at radius 1 is 1.50 bits per heavy atom. The summed E-state index contributed by atoms with van der Waals surface area (Å²) in [7, 11) is 0. The van der Waals surface area contributed by atoms with Gasteiger partial charge in [-0.2, -0.15) is 5.26 Å². The number of thiazole rings is 1. The molecular weight excluding hydrogens is 255 g/mol. The van der Waals surface area contributed by atoms with Crippen LogP contribution in [0, 0.1) is 17.1 Å². The van der Waals surface area contributed by atoms with Crippen LogP contribution in [0.3, 0.4) is 0 Å². The average molecular weight is 262 g/mol. The predicted molar refractivity (Wildman–Crippen MR) is 63.8 cm³/mol. The van der Waals surface area contributed by atoms with Gasteiger partial charge in [0.2, 0.25) is 0 Å². The molecule has 0 unspecified atom stereocenters. The smallest absolute Gasteiger partial charge is 0.355 e. The van der Waals surface area contributed by atoms with Crippen molar-refractivity contribution in [1.29, 1.82) is 5.26 Å². The molecule has 0 aliphatic rings. The molecule has 1 aromatic heterocycles. The highest BCUT2D eigenvalue weighted by Gasteiger charge is 2.19. The fraction of sp³-hybridized carbons (Fsp3) is 0.0833. The SMILES string of the molecule is N#CCc1sc(-c2ccccc2F)nc1C(=O)O. The molecule has 18 heavy (non-hydrogen) atoms. The number of hydrogen-bond donors (Lipinski definition) is 1. The van der Waals surface area contributed by atoms with Crippen molar-refractivity contribution in [3.8, 4) is 16.6 Å². The number of carbonyl (C=O) groups is 1.